The minimum absolute atomic E-state index is 0.0155. The molecule has 1 aromatic rings. The highest BCUT2D eigenvalue weighted by Gasteiger charge is 2.27. The quantitative estimate of drug-likeness (QED) is 0.659. The van der Waals surface area contributed by atoms with Crippen LogP contribution >= 0.6 is 15.9 Å². The van der Waals surface area contributed by atoms with Crippen molar-refractivity contribution >= 4 is 27.9 Å². The minimum atomic E-state index is -0.554. The van der Waals surface area contributed by atoms with Crippen LogP contribution in [0.4, 0.5) is 4.79 Å². The Morgan fingerprint density at radius 1 is 1.15 bits per heavy atom. The second-order valence-corrected chi connectivity index (χ2v) is 8.88. The van der Waals surface area contributed by atoms with E-state index in [-0.39, 0.29) is 22.7 Å². The summed E-state index contributed by atoms with van der Waals surface area (Å²) >= 11 is 3.50. The van der Waals surface area contributed by atoms with Crippen molar-refractivity contribution in [2.75, 3.05) is 6.54 Å². The van der Waals surface area contributed by atoms with E-state index in [4.69, 9.17) is 4.74 Å². The first-order chi connectivity index (χ1) is 12.0. The Hall–Kier alpha value is -1.56. The molecule has 0 spiro atoms. The molecule has 1 aromatic carbocycles. The summed E-state index contributed by atoms with van der Waals surface area (Å²) in [6.07, 6.45) is -0.476. The van der Waals surface area contributed by atoms with Gasteiger partial charge in [0, 0.05) is 19.1 Å². The number of rotatable bonds is 7. The molecular weight excluding hydrogens is 396 g/mol. The number of hydrogen-bond donors (Lipinski definition) is 1. The van der Waals surface area contributed by atoms with Crippen molar-refractivity contribution in [3.63, 3.8) is 0 Å². The van der Waals surface area contributed by atoms with Gasteiger partial charge < -0.3 is 15.0 Å². The highest BCUT2D eigenvalue weighted by atomic mass is 79.9. The summed E-state index contributed by atoms with van der Waals surface area (Å²) in [5.41, 5.74) is 0.496. The summed E-state index contributed by atoms with van der Waals surface area (Å²) in [4.78, 5) is 26.4. The van der Waals surface area contributed by atoms with E-state index in [9.17, 15) is 9.59 Å². The van der Waals surface area contributed by atoms with Crippen LogP contribution in [-0.2, 0) is 16.1 Å². The SMILES string of the molecule is CC(C)[C@@H](Br)C(=O)N(Cc1ccccc1)C[C@@H](C)NC(=O)OC(C)(C)C. The fraction of sp³-hybridized carbons (Fsp3) is 0.600. The van der Waals surface area contributed by atoms with Crippen LogP contribution in [0, 0.1) is 5.92 Å². The smallest absolute Gasteiger partial charge is 0.407 e. The molecule has 1 N–H and O–H groups in total. The van der Waals surface area contributed by atoms with Crippen LogP contribution in [-0.4, -0.2) is 39.9 Å². The molecule has 2 atom stereocenters. The van der Waals surface area contributed by atoms with Crippen molar-refractivity contribution in [2.24, 2.45) is 5.92 Å². The Balaban J connectivity index is 2.81. The Bertz CT molecular complexity index is 584. The lowest BCUT2D eigenvalue weighted by molar-refractivity contribution is -0.132. The molecule has 0 aliphatic carbocycles. The van der Waals surface area contributed by atoms with Gasteiger partial charge in [-0.25, -0.2) is 4.79 Å². The van der Waals surface area contributed by atoms with Gasteiger partial charge in [0.25, 0.3) is 0 Å². The third-order valence-electron chi connectivity index (χ3n) is 3.61. The normalized spacial score (nSPS) is 13.8. The van der Waals surface area contributed by atoms with Gasteiger partial charge in [0.15, 0.2) is 0 Å². The van der Waals surface area contributed by atoms with Crippen molar-refractivity contribution in [1.29, 1.82) is 0 Å². The lowest BCUT2D eigenvalue weighted by Gasteiger charge is -2.30. The summed E-state index contributed by atoms with van der Waals surface area (Å²) in [6.45, 7) is 12.2. The largest absolute Gasteiger partial charge is 0.444 e. The zero-order valence-electron chi connectivity index (χ0n) is 16.6. The molecule has 5 nitrogen and oxygen atoms in total. The molecule has 0 aliphatic heterocycles. The van der Waals surface area contributed by atoms with Crippen LogP contribution in [0.3, 0.4) is 0 Å². The molecule has 0 bridgehead atoms. The van der Waals surface area contributed by atoms with Crippen LogP contribution in [0.1, 0.15) is 47.1 Å². The molecule has 0 radical (unpaired) electrons. The summed E-state index contributed by atoms with van der Waals surface area (Å²) in [6, 6.07) is 9.60. The number of halogens is 1. The monoisotopic (exact) mass is 426 g/mol. The average molecular weight is 427 g/mol. The predicted octanol–water partition coefficient (Wildman–Crippen LogP) is 4.35. The van der Waals surface area contributed by atoms with Gasteiger partial charge in [0.05, 0.1) is 4.83 Å². The van der Waals surface area contributed by atoms with E-state index in [1.54, 1.807) is 4.90 Å². The number of benzene rings is 1. The molecule has 0 heterocycles. The van der Waals surface area contributed by atoms with Gasteiger partial charge in [-0.1, -0.05) is 60.1 Å². The number of alkyl halides is 1. The van der Waals surface area contributed by atoms with Crippen molar-refractivity contribution in [1.82, 2.24) is 10.2 Å². The summed E-state index contributed by atoms with van der Waals surface area (Å²) in [5.74, 6) is 0.191. The van der Waals surface area contributed by atoms with Crippen LogP contribution in [0.5, 0.6) is 0 Å². The molecule has 1 rings (SSSR count). The van der Waals surface area contributed by atoms with Gasteiger partial charge in [-0.15, -0.1) is 0 Å². The van der Waals surface area contributed by atoms with Crippen molar-refractivity contribution in [3.05, 3.63) is 35.9 Å². The number of hydrogen-bond acceptors (Lipinski definition) is 3. The number of nitrogens with zero attached hydrogens (tertiary/aromatic N) is 1. The Labute approximate surface area is 165 Å². The molecule has 0 fully saturated rings. The number of carbonyl (C=O) groups excluding carboxylic acids is 2. The maximum absolute atomic E-state index is 12.9. The standard InChI is InChI=1S/C20H31BrN2O3/c1-14(2)17(21)18(24)23(13-16-10-8-7-9-11-16)12-15(3)22-19(25)26-20(4,5)6/h7-11,14-15,17H,12-13H2,1-6H3,(H,22,25)/t15-,17-/m1/s1. The molecular formula is C20H31BrN2O3. The molecule has 26 heavy (non-hydrogen) atoms. The van der Waals surface area contributed by atoms with E-state index in [0.29, 0.717) is 13.1 Å². The third-order valence-corrected chi connectivity index (χ3v) is 5.06. The number of carbonyl (C=O) groups is 2. The van der Waals surface area contributed by atoms with Gasteiger partial charge in [-0.2, -0.15) is 0 Å². The minimum Gasteiger partial charge on any atom is -0.444 e. The van der Waals surface area contributed by atoms with E-state index in [2.05, 4.69) is 21.2 Å². The first kappa shape index (κ1) is 22.5. The van der Waals surface area contributed by atoms with Crippen molar-refractivity contribution in [3.8, 4) is 0 Å². The zero-order chi connectivity index (χ0) is 19.9. The maximum atomic E-state index is 12.9. The second kappa shape index (κ2) is 9.95. The average Bonchev–Trinajstić information content (AvgIpc) is 2.51. The lowest BCUT2D eigenvalue weighted by atomic mass is 10.1. The van der Waals surface area contributed by atoms with Gasteiger partial charge in [0.1, 0.15) is 5.60 Å². The highest BCUT2D eigenvalue weighted by Crippen LogP contribution is 2.17. The van der Waals surface area contributed by atoms with E-state index in [0.717, 1.165) is 5.56 Å². The van der Waals surface area contributed by atoms with Crippen LogP contribution in [0.2, 0.25) is 0 Å². The highest BCUT2D eigenvalue weighted by molar-refractivity contribution is 9.10. The van der Waals surface area contributed by atoms with Gasteiger partial charge in [0.2, 0.25) is 5.91 Å². The maximum Gasteiger partial charge on any atom is 0.407 e. The van der Waals surface area contributed by atoms with E-state index < -0.39 is 11.7 Å². The molecule has 146 valence electrons. The summed E-state index contributed by atoms with van der Waals surface area (Å²) in [5, 5.41) is 2.81. The second-order valence-electron chi connectivity index (χ2n) is 7.90. The predicted molar refractivity (Wildman–Crippen MR) is 108 cm³/mol. The molecule has 0 aliphatic rings. The van der Waals surface area contributed by atoms with Gasteiger partial charge >= 0.3 is 6.09 Å². The van der Waals surface area contributed by atoms with E-state index in [1.807, 2.05) is 71.9 Å². The summed E-state index contributed by atoms with van der Waals surface area (Å²) < 4.78 is 5.29. The van der Waals surface area contributed by atoms with Crippen molar-refractivity contribution in [2.45, 2.75) is 64.6 Å². The molecule has 2 amide bonds. The fourth-order valence-corrected chi connectivity index (χ4v) is 2.67. The Kier molecular flexibility index (Phi) is 8.60. The first-order valence-corrected chi connectivity index (χ1v) is 9.87. The van der Waals surface area contributed by atoms with Gasteiger partial charge in [-0.3, -0.25) is 4.79 Å². The van der Waals surface area contributed by atoms with E-state index >= 15 is 0 Å². The topological polar surface area (TPSA) is 58.6 Å². The first-order valence-electron chi connectivity index (χ1n) is 8.96. The lowest BCUT2D eigenvalue weighted by Crippen LogP contribution is -2.47. The van der Waals surface area contributed by atoms with Crippen LogP contribution in [0.25, 0.3) is 0 Å². The van der Waals surface area contributed by atoms with Crippen LogP contribution in [0.15, 0.2) is 30.3 Å². The number of ether oxygens (including phenoxy) is 1. The third kappa shape index (κ3) is 8.21. The fourth-order valence-electron chi connectivity index (χ4n) is 2.38. The zero-order valence-corrected chi connectivity index (χ0v) is 18.2. The summed E-state index contributed by atoms with van der Waals surface area (Å²) in [7, 11) is 0. The molecule has 0 aromatic heterocycles. The Morgan fingerprint density at radius 3 is 2.23 bits per heavy atom. The molecule has 6 heteroatoms. The van der Waals surface area contributed by atoms with E-state index in [1.165, 1.54) is 0 Å². The number of nitrogens with one attached hydrogen (secondary N) is 1. The number of amides is 2. The Morgan fingerprint density at radius 2 is 1.73 bits per heavy atom. The molecule has 0 saturated carbocycles. The molecule has 0 unspecified atom stereocenters. The van der Waals surface area contributed by atoms with Crippen LogP contribution < -0.4 is 5.32 Å². The number of alkyl carbamates (subject to hydrolysis) is 1. The van der Waals surface area contributed by atoms with Gasteiger partial charge in [-0.05, 0) is 39.2 Å². The molecule has 0 saturated heterocycles. The van der Waals surface area contributed by atoms with Crippen molar-refractivity contribution < 1.29 is 14.3 Å².